The number of anilines is 2. The first-order valence-electron chi connectivity index (χ1n) is 7.28. The van der Waals surface area contributed by atoms with Crippen LogP contribution in [-0.4, -0.2) is 40.9 Å². The van der Waals surface area contributed by atoms with E-state index in [1.807, 2.05) is 28.2 Å². The van der Waals surface area contributed by atoms with Crippen LogP contribution in [0.15, 0.2) is 35.2 Å². The average Bonchev–Trinajstić information content (AvgIpc) is 2.82. The number of aryl methyl sites for hydroxylation is 1. The zero-order valence-corrected chi connectivity index (χ0v) is 15.2. The SMILES string of the molecule is CN(C)c1cccc(CN(C)c2ncnc3c2c(Br)nn3C)c1. The molecule has 0 aliphatic carbocycles. The summed E-state index contributed by atoms with van der Waals surface area (Å²) in [6, 6.07) is 8.49. The molecule has 0 bridgehead atoms. The van der Waals surface area contributed by atoms with Crippen LogP contribution in [0, 0.1) is 0 Å². The fourth-order valence-corrected chi connectivity index (χ4v) is 3.19. The van der Waals surface area contributed by atoms with E-state index in [-0.39, 0.29) is 0 Å². The summed E-state index contributed by atoms with van der Waals surface area (Å²) in [7, 11) is 8.00. The van der Waals surface area contributed by atoms with E-state index in [0.29, 0.717) is 0 Å². The van der Waals surface area contributed by atoms with Crippen LogP contribution in [0.5, 0.6) is 0 Å². The highest BCUT2D eigenvalue weighted by atomic mass is 79.9. The number of benzene rings is 1. The van der Waals surface area contributed by atoms with Crippen molar-refractivity contribution in [3.63, 3.8) is 0 Å². The second kappa shape index (κ2) is 6.16. The molecule has 23 heavy (non-hydrogen) atoms. The Balaban J connectivity index is 1.95. The minimum absolute atomic E-state index is 0.759. The van der Waals surface area contributed by atoms with Gasteiger partial charge in [-0.1, -0.05) is 12.1 Å². The Labute approximate surface area is 143 Å². The maximum atomic E-state index is 4.46. The Hall–Kier alpha value is -2.15. The number of rotatable bonds is 4. The first-order valence-corrected chi connectivity index (χ1v) is 8.07. The number of hydrogen-bond donors (Lipinski definition) is 0. The predicted molar refractivity (Wildman–Crippen MR) is 96.9 cm³/mol. The smallest absolute Gasteiger partial charge is 0.164 e. The van der Waals surface area contributed by atoms with Gasteiger partial charge in [0.15, 0.2) is 5.65 Å². The highest BCUT2D eigenvalue weighted by Gasteiger charge is 2.16. The van der Waals surface area contributed by atoms with Crippen LogP contribution in [0.4, 0.5) is 11.5 Å². The molecular formula is C16H19BrN6. The molecule has 0 unspecified atom stereocenters. The lowest BCUT2D eigenvalue weighted by molar-refractivity contribution is 0.777. The summed E-state index contributed by atoms with van der Waals surface area (Å²) in [5.74, 6) is 0.866. The van der Waals surface area contributed by atoms with Gasteiger partial charge >= 0.3 is 0 Å². The molecule has 6 nitrogen and oxygen atoms in total. The average molecular weight is 375 g/mol. The Morgan fingerprint density at radius 3 is 2.70 bits per heavy atom. The van der Waals surface area contributed by atoms with E-state index in [0.717, 1.165) is 28.0 Å². The van der Waals surface area contributed by atoms with Gasteiger partial charge in [-0.2, -0.15) is 5.10 Å². The van der Waals surface area contributed by atoms with Gasteiger partial charge in [0.25, 0.3) is 0 Å². The topological polar surface area (TPSA) is 50.1 Å². The third kappa shape index (κ3) is 3.01. The third-order valence-corrected chi connectivity index (χ3v) is 4.32. The number of fused-ring (bicyclic) bond motifs is 1. The number of nitrogens with zero attached hydrogens (tertiary/aromatic N) is 6. The molecule has 3 rings (SSSR count). The Bertz CT molecular complexity index is 842. The second-order valence-electron chi connectivity index (χ2n) is 5.73. The van der Waals surface area contributed by atoms with Gasteiger partial charge in [-0.05, 0) is 33.6 Å². The van der Waals surface area contributed by atoms with Crippen LogP contribution in [0.2, 0.25) is 0 Å². The Morgan fingerprint density at radius 1 is 1.17 bits per heavy atom. The van der Waals surface area contributed by atoms with Crippen molar-refractivity contribution in [2.75, 3.05) is 30.9 Å². The molecule has 120 valence electrons. The molecule has 0 N–H and O–H groups in total. The first kappa shape index (κ1) is 15.7. The molecule has 0 atom stereocenters. The summed E-state index contributed by atoms with van der Waals surface area (Å²) in [5.41, 5.74) is 3.23. The lowest BCUT2D eigenvalue weighted by Gasteiger charge is -2.20. The molecule has 0 radical (unpaired) electrons. The number of halogens is 1. The molecule has 0 fully saturated rings. The molecule has 0 saturated heterocycles. The standard InChI is InChI=1S/C16H19BrN6/c1-21(2)12-7-5-6-11(8-12)9-22(3)15-13-14(17)20-23(4)16(13)19-10-18-15/h5-8,10H,9H2,1-4H3. The van der Waals surface area contributed by atoms with Crippen molar-refractivity contribution in [1.29, 1.82) is 0 Å². The molecule has 0 spiro atoms. The molecule has 1 aromatic carbocycles. The lowest BCUT2D eigenvalue weighted by atomic mass is 10.2. The molecule has 2 aromatic heterocycles. The maximum Gasteiger partial charge on any atom is 0.164 e. The molecule has 0 saturated carbocycles. The van der Waals surface area contributed by atoms with Crippen LogP contribution in [-0.2, 0) is 13.6 Å². The van der Waals surface area contributed by atoms with Crippen LogP contribution in [0.25, 0.3) is 11.0 Å². The minimum atomic E-state index is 0.759. The van der Waals surface area contributed by atoms with Crippen molar-refractivity contribution in [3.05, 3.63) is 40.8 Å². The van der Waals surface area contributed by atoms with Gasteiger partial charge in [0.05, 0.1) is 5.39 Å². The molecule has 7 heteroatoms. The van der Waals surface area contributed by atoms with E-state index in [4.69, 9.17) is 0 Å². The van der Waals surface area contributed by atoms with Crippen LogP contribution in [0.1, 0.15) is 5.56 Å². The van der Waals surface area contributed by atoms with E-state index in [2.05, 4.69) is 65.1 Å². The van der Waals surface area contributed by atoms with Crippen LogP contribution >= 0.6 is 15.9 Å². The van der Waals surface area contributed by atoms with Crippen molar-refractivity contribution in [2.24, 2.45) is 7.05 Å². The molecule has 0 aliphatic heterocycles. The van der Waals surface area contributed by atoms with E-state index >= 15 is 0 Å². The summed E-state index contributed by atoms with van der Waals surface area (Å²) in [5, 5.41) is 5.31. The van der Waals surface area contributed by atoms with Gasteiger partial charge in [-0.15, -0.1) is 0 Å². The highest BCUT2D eigenvalue weighted by molar-refractivity contribution is 9.10. The summed E-state index contributed by atoms with van der Waals surface area (Å²) < 4.78 is 2.52. The van der Waals surface area contributed by atoms with Gasteiger partial charge in [-0.25, -0.2) is 14.6 Å². The summed E-state index contributed by atoms with van der Waals surface area (Å²) in [6.45, 7) is 0.759. The monoisotopic (exact) mass is 374 g/mol. The van der Waals surface area contributed by atoms with Crippen molar-refractivity contribution >= 4 is 38.5 Å². The summed E-state index contributed by atoms with van der Waals surface area (Å²) >= 11 is 3.51. The molecule has 2 heterocycles. The summed E-state index contributed by atoms with van der Waals surface area (Å²) in [4.78, 5) is 13.0. The van der Waals surface area contributed by atoms with Crippen LogP contribution in [0.3, 0.4) is 0 Å². The van der Waals surface area contributed by atoms with Gasteiger partial charge in [0.1, 0.15) is 16.7 Å². The van der Waals surface area contributed by atoms with E-state index in [1.165, 1.54) is 11.3 Å². The van der Waals surface area contributed by atoms with E-state index in [9.17, 15) is 0 Å². The normalized spacial score (nSPS) is 11.0. The fourth-order valence-electron chi connectivity index (χ4n) is 2.60. The molecule has 3 aromatic rings. The van der Waals surface area contributed by atoms with Gasteiger partial charge < -0.3 is 9.80 Å². The number of hydrogen-bond acceptors (Lipinski definition) is 5. The molecular weight excluding hydrogens is 356 g/mol. The van der Waals surface area contributed by atoms with Crippen molar-refractivity contribution < 1.29 is 0 Å². The molecule has 0 amide bonds. The zero-order valence-electron chi connectivity index (χ0n) is 13.7. The van der Waals surface area contributed by atoms with Crippen molar-refractivity contribution in [1.82, 2.24) is 19.7 Å². The van der Waals surface area contributed by atoms with Gasteiger partial charge in [0, 0.05) is 40.4 Å². The quantitative estimate of drug-likeness (QED) is 0.702. The van der Waals surface area contributed by atoms with E-state index in [1.54, 1.807) is 11.0 Å². The summed E-state index contributed by atoms with van der Waals surface area (Å²) in [6.07, 6.45) is 1.58. The van der Waals surface area contributed by atoms with Crippen molar-refractivity contribution in [3.8, 4) is 0 Å². The zero-order chi connectivity index (χ0) is 16.6. The second-order valence-corrected chi connectivity index (χ2v) is 6.48. The van der Waals surface area contributed by atoms with Crippen molar-refractivity contribution in [2.45, 2.75) is 6.54 Å². The molecule has 0 aliphatic rings. The minimum Gasteiger partial charge on any atom is -0.378 e. The van der Waals surface area contributed by atoms with Gasteiger partial charge in [0.2, 0.25) is 0 Å². The number of aromatic nitrogens is 4. The maximum absolute atomic E-state index is 4.46. The fraction of sp³-hybridized carbons (Fsp3) is 0.312. The third-order valence-electron chi connectivity index (χ3n) is 3.77. The van der Waals surface area contributed by atoms with E-state index < -0.39 is 0 Å². The lowest BCUT2D eigenvalue weighted by Crippen LogP contribution is -2.18. The predicted octanol–water partition coefficient (Wildman–Crippen LogP) is 2.83. The van der Waals surface area contributed by atoms with Crippen LogP contribution < -0.4 is 9.80 Å². The Kier molecular flexibility index (Phi) is 4.21. The largest absolute Gasteiger partial charge is 0.378 e. The Morgan fingerprint density at radius 2 is 1.96 bits per heavy atom. The first-order chi connectivity index (χ1) is 11.0. The highest BCUT2D eigenvalue weighted by Crippen LogP contribution is 2.29. The van der Waals surface area contributed by atoms with Gasteiger partial charge in [-0.3, -0.25) is 0 Å².